The molecule has 0 spiro atoms. The molecule has 1 amide bonds. The second-order valence-corrected chi connectivity index (χ2v) is 6.54. The molecule has 25 heavy (non-hydrogen) atoms. The van der Waals surface area contributed by atoms with Gasteiger partial charge in [-0.3, -0.25) is 4.79 Å². The van der Waals surface area contributed by atoms with Crippen LogP contribution in [0, 0.1) is 0 Å². The highest BCUT2D eigenvalue weighted by Crippen LogP contribution is 2.30. The number of rotatable bonds is 5. The van der Waals surface area contributed by atoms with Gasteiger partial charge in [0.2, 0.25) is 5.88 Å². The largest absolute Gasteiger partial charge is 0.470 e. The molecule has 2 aromatic heterocycles. The number of pyridine rings is 2. The fourth-order valence-corrected chi connectivity index (χ4v) is 2.91. The fourth-order valence-electron chi connectivity index (χ4n) is 2.45. The summed E-state index contributed by atoms with van der Waals surface area (Å²) in [6.07, 6.45) is 2.92. The van der Waals surface area contributed by atoms with E-state index in [0.717, 1.165) is 6.92 Å². The molecule has 0 saturated carbocycles. The van der Waals surface area contributed by atoms with Crippen molar-refractivity contribution < 1.29 is 18.3 Å². The van der Waals surface area contributed by atoms with E-state index in [1.54, 1.807) is 11.0 Å². The number of carbonyl (C=O) groups is 1. The lowest BCUT2D eigenvalue weighted by atomic mass is 10.2. The minimum absolute atomic E-state index is 0.0739. The van der Waals surface area contributed by atoms with Crippen molar-refractivity contribution in [2.75, 3.05) is 6.61 Å². The van der Waals surface area contributed by atoms with Gasteiger partial charge in [0.1, 0.15) is 10.2 Å². The Hall–Kier alpha value is -1.99. The molecule has 0 bridgehead atoms. The van der Waals surface area contributed by atoms with Crippen LogP contribution in [-0.2, 0) is 13.1 Å². The first-order valence-corrected chi connectivity index (χ1v) is 8.08. The molecule has 1 aliphatic heterocycles. The summed E-state index contributed by atoms with van der Waals surface area (Å²) in [7, 11) is 0. The van der Waals surface area contributed by atoms with Crippen molar-refractivity contribution in [3.8, 4) is 5.88 Å². The average Bonchev–Trinajstić information content (AvgIpc) is 2.84. The van der Waals surface area contributed by atoms with Crippen molar-refractivity contribution in [2.45, 2.75) is 25.9 Å². The molecule has 0 saturated heterocycles. The molecule has 0 atom stereocenters. The molecule has 1 aliphatic rings. The van der Waals surface area contributed by atoms with Gasteiger partial charge in [-0.15, -0.1) is 0 Å². The third kappa shape index (κ3) is 3.99. The fraction of sp³-hybridized carbons (Fsp3) is 0.312. The molecule has 0 aliphatic carbocycles. The van der Waals surface area contributed by atoms with Crippen molar-refractivity contribution in [3.63, 3.8) is 0 Å². The van der Waals surface area contributed by atoms with Crippen LogP contribution in [0.2, 0.25) is 10.2 Å². The Labute approximate surface area is 152 Å². The Kier molecular flexibility index (Phi) is 4.79. The summed E-state index contributed by atoms with van der Waals surface area (Å²) in [5.74, 6) is -3.22. The Morgan fingerprint density at radius 3 is 2.76 bits per heavy atom. The first kappa shape index (κ1) is 17.8. The highest BCUT2D eigenvalue weighted by molar-refractivity contribution is 6.32. The minimum atomic E-state index is -2.98. The zero-order valence-electron chi connectivity index (χ0n) is 13.1. The van der Waals surface area contributed by atoms with E-state index in [-0.39, 0.29) is 23.4 Å². The molecule has 0 radical (unpaired) electrons. The molecule has 0 aromatic carbocycles. The first-order chi connectivity index (χ1) is 11.7. The number of amides is 1. The predicted octanol–water partition coefficient (Wildman–Crippen LogP) is 3.97. The van der Waals surface area contributed by atoms with E-state index >= 15 is 0 Å². The van der Waals surface area contributed by atoms with E-state index in [9.17, 15) is 13.6 Å². The van der Waals surface area contributed by atoms with Crippen LogP contribution < -0.4 is 4.74 Å². The van der Waals surface area contributed by atoms with Gasteiger partial charge in [-0.05, 0) is 17.7 Å². The van der Waals surface area contributed by atoms with Crippen molar-refractivity contribution in [2.24, 2.45) is 0 Å². The molecule has 9 heteroatoms. The summed E-state index contributed by atoms with van der Waals surface area (Å²) in [5.41, 5.74) is 1.84. The molecular weight excluding hydrogens is 375 g/mol. The van der Waals surface area contributed by atoms with Gasteiger partial charge < -0.3 is 9.64 Å². The molecule has 0 N–H and O–H groups in total. The quantitative estimate of drug-likeness (QED) is 0.728. The second kappa shape index (κ2) is 6.72. The van der Waals surface area contributed by atoms with E-state index < -0.39 is 12.5 Å². The van der Waals surface area contributed by atoms with Gasteiger partial charge in [-0.25, -0.2) is 18.7 Å². The Morgan fingerprint density at radius 1 is 1.36 bits per heavy atom. The lowest BCUT2D eigenvalue weighted by molar-refractivity contribution is -0.0242. The van der Waals surface area contributed by atoms with E-state index in [2.05, 4.69) is 9.97 Å². The number of nitrogens with zero attached hydrogens (tertiary/aromatic N) is 3. The van der Waals surface area contributed by atoms with Crippen molar-refractivity contribution >= 4 is 29.1 Å². The van der Waals surface area contributed by atoms with Crippen LogP contribution in [0.5, 0.6) is 5.88 Å². The van der Waals surface area contributed by atoms with E-state index in [4.69, 9.17) is 27.9 Å². The van der Waals surface area contributed by atoms with Crippen LogP contribution >= 0.6 is 23.2 Å². The highest BCUT2D eigenvalue weighted by Gasteiger charge is 2.30. The summed E-state index contributed by atoms with van der Waals surface area (Å²) in [5, 5.41) is 0.402. The number of halogens is 4. The van der Waals surface area contributed by atoms with E-state index in [1.807, 2.05) is 0 Å². The summed E-state index contributed by atoms with van der Waals surface area (Å²) >= 11 is 12.0. The summed E-state index contributed by atoms with van der Waals surface area (Å²) in [6, 6.07) is 3.16. The van der Waals surface area contributed by atoms with Crippen molar-refractivity contribution in [3.05, 3.63) is 51.4 Å². The van der Waals surface area contributed by atoms with Crippen LogP contribution in [0.4, 0.5) is 8.78 Å². The number of carbonyl (C=O) groups excluding carboxylic acids is 1. The number of aromatic nitrogens is 2. The summed E-state index contributed by atoms with van der Waals surface area (Å²) in [6.45, 7) is 0.510. The van der Waals surface area contributed by atoms with Gasteiger partial charge in [0.05, 0.1) is 6.54 Å². The monoisotopic (exact) mass is 387 g/mol. The number of ether oxygens (including phenoxy) is 1. The van der Waals surface area contributed by atoms with Gasteiger partial charge in [-0.1, -0.05) is 23.2 Å². The zero-order valence-corrected chi connectivity index (χ0v) is 14.6. The maximum atomic E-state index is 12.8. The number of fused-ring (bicyclic) bond motifs is 1. The maximum absolute atomic E-state index is 12.8. The molecule has 2 aromatic rings. The molecule has 0 fully saturated rings. The molecule has 5 nitrogen and oxygen atoms in total. The van der Waals surface area contributed by atoms with Crippen LogP contribution in [0.15, 0.2) is 24.5 Å². The van der Waals surface area contributed by atoms with Gasteiger partial charge in [-0.2, -0.15) is 0 Å². The minimum Gasteiger partial charge on any atom is -0.470 e. The van der Waals surface area contributed by atoms with Crippen LogP contribution in [0.25, 0.3) is 0 Å². The van der Waals surface area contributed by atoms with Crippen molar-refractivity contribution in [1.82, 2.24) is 14.9 Å². The van der Waals surface area contributed by atoms with E-state index in [0.29, 0.717) is 28.4 Å². The molecule has 0 unspecified atom stereocenters. The normalized spacial score (nSPS) is 14.0. The lowest BCUT2D eigenvalue weighted by Crippen LogP contribution is -2.23. The molecular formula is C16H13Cl2F2N3O2. The number of hydrogen-bond acceptors (Lipinski definition) is 4. The highest BCUT2D eigenvalue weighted by atomic mass is 35.5. The third-order valence-corrected chi connectivity index (χ3v) is 4.17. The van der Waals surface area contributed by atoms with Crippen molar-refractivity contribution in [1.29, 1.82) is 0 Å². The first-order valence-electron chi connectivity index (χ1n) is 7.32. The SMILES string of the molecule is CC(F)(F)COc1ncc(CN2Cc3c(ccnc3Cl)C2=O)cc1Cl. The molecule has 3 rings (SSSR count). The van der Waals surface area contributed by atoms with Crippen LogP contribution in [0.3, 0.4) is 0 Å². The number of hydrogen-bond donors (Lipinski definition) is 0. The van der Waals surface area contributed by atoms with Crippen LogP contribution in [0.1, 0.15) is 28.4 Å². The average molecular weight is 388 g/mol. The molecule has 3 heterocycles. The van der Waals surface area contributed by atoms with Gasteiger partial charge in [0, 0.05) is 37.0 Å². The second-order valence-electron chi connectivity index (χ2n) is 5.78. The lowest BCUT2D eigenvalue weighted by Gasteiger charge is -2.16. The predicted molar refractivity (Wildman–Crippen MR) is 88.2 cm³/mol. The van der Waals surface area contributed by atoms with Gasteiger partial charge >= 0.3 is 0 Å². The smallest absolute Gasteiger partial charge is 0.278 e. The Bertz CT molecular complexity index is 828. The standard InChI is InChI=1S/C16H13Cl2F2N3O2/c1-16(19,20)8-25-14-12(17)4-9(5-22-14)6-23-7-11-10(15(23)24)2-3-21-13(11)18/h2-5H,6-8H2,1H3. The topological polar surface area (TPSA) is 55.3 Å². The third-order valence-electron chi connectivity index (χ3n) is 3.57. The Balaban J connectivity index is 1.71. The van der Waals surface area contributed by atoms with Crippen LogP contribution in [-0.4, -0.2) is 33.3 Å². The van der Waals surface area contributed by atoms with E-state index in [1.165, 1.54) is 18.5 Å². The Morgan fingerprint density at radius 2 is 2.12 bits per heavy atom. The maximum Gasteiger partial charge on any atom is 0.278 e. The zero-order chi connectivity index (χ0) is 18.2. The summed E-state index contributed by atoms with van der Waals surface area (Å²) in [4.78, 5) is 21.9. The van der Waals surface area contributed by atoms with Gasteiger partial charge in [0.25, 0.3) is 11.8 Å². The summed E-state index contributed by atoms with van der Waals surface area (Å²) < 4.78 is 30.6. The van der Waals surface area contributed by atoms with Gasteiger partial charge in [0.15, 0.2) is 6.61 Å². The number of alkyl halides is 2. The molecule has 132 valence electrons.